The predicted molar refractivity (Wildman–Crippen MR) is 273 cm³/mol. The second kappa shape index (κ2) is 31.7. The van der Waals surface area contributed by atoms with Gasteiger partial charge in [-0.15, -0.1) is 0 Å². The number of nitrogens with two attached hydrogens (primary N) is 5. The van der Waals surface area contributed by atoms with Crippen LogP contribution in [0.2, 0.25) is 0 Å². The highest BCUT2D eigenvalue weighted by molar-refractivity contribution is 5.97. The van der Waals surface area contributed by atoms with Crippen molar-refractivity contribution in [3.05, 3.63) is 65.7 Å². The molecule has 0 fully saturated rings. The second-order valence-electron chi connectivity index (χ2n) is 18.2. The molecule has 24 nitrogen and oxygen atoms in total. The number of aliphatic imine (C=N–C) groups is 2. The summed E-state index contributed by atoms with van der Waals surface area (Å²) < 4.78 is 0. The van der Waals surface area contributed by atoms with E-state index in [-0.39, 0.29) is 94.0 Å². The van der Waals surface area contributed by atoms with Gasteiger partial charge < -0.3 is 75.9 Å². The van der Waals surface area contributed by atoms with Crippen LogP contribution in [0.25, 0.3) is 0 Å². The molecule has 0 spiro atoms. The van der Waals surface area contributed by atoms with Crippen LogP contribution < -0.4 is 65.9 Å². The molecule has 0 saturated carbocycles. The van der Waals surface area contributed by atoms with E-state index in [4.69, 9.17) is 28.7 Å². The number of hydrogen-bond acceptors (Lipinski definition) is 12. The van der Waals surface area contributed by atoms with Crippen molar-refractivity contribution in [3.8, 4) is 5.75 Å². The SMILES string of the molecule is CN[C@@H](Cc1ccc(O)cc1)C(=O)NCC(=O)NCC(=O)N[C@H](Cc1ccccc1)C(=O)N(C)[C@@H](CC(C)C)C(=O)N[C@@H](CCCN=C(N)N)C(=O)N[C@@H](CCCN=C(N)N)C(=O)N[C@@H](CC(C)C)C(N)=O. The van der Waals surface area contributed by atoms with Gasteiger partial charge in [0.25, 0.3) is 0 Å². The summed E-state index contributed by atoms with van der Waals surface area (Å²) in [6.07, 6.45) is 1.07. The number of hydrogen-bond donors (Lipinski definition) is 13. The van der Waals surface area contributed by atoms with E-state index in [9.17, 15) is 43.5 Å². The molecule has 0 saturated heterocycles. The molecule has 0 aliphatic rings. The quantitative estimate of drug-likeness (QED) is 0.0204. The number of likely N-dealkylation sites (N-methyl/N-ethyl adjacent to an activating group) is 2. The lowest BCUT2D eigenvalue weighted by molar-refractivity contribution is -0.143. The number of nitrogens with one attached hydrogen (secondary N) is 7. The van der Waals surface area contributed by atoms with Crippen molar-refractivity contribution in [1.82, 2.24) is 42.1 Å². The first-order valence-corrected chi connectivity index (χ1v) is 23.9. The summed E-state index contributed by atoms with van der Waals surface area (Å²) in [6.45, 7) is 6.57. The number of carbonyl (C=O) groups is 8. The van der Waals surface area contributed by atoms with E-state index in [1.54, 1.807) is 49.5 Å². The molecular weight excluding hydrogens is 931 g/mol. The first-order chi connectivity index (χ1) is 34.0. The van der Waals surface area contributed by atoms with Crippen molar-refractivity contribution in [3.63, 3.8) is 0 Å². The summed E-state index contributed by atoms with van der Waals surface area (Å²) in [6, 6.07) is 8.47. The Morgan fingerprint density at radius 3 is 1.56 bits per heavy atom. The highest BCUT2D eigenvalue weighted by Crippen LogP contribution is 2.16. The van der Waals surface area contributed by atoms with Crippen LogP contribution in [0.15, 0.2) is 64.6 Å². The molecule has 0 radical (unpaired) electrons. The maximum atomic E-state index is 14.5. The van der Waals surface area contributed by atoms with E-state index in [0.29, 0.717) is 5.56 Å². The number of phenols is 1. The number of guanidine groups is 2. The Balaban J connectivity index is 2.35. The Labute approximate surface area is 421 Å². The van der Waals surface area contributed by atoms with Crippen LogP contribution in [-0.4, -0.2) is 146 Å². The summed E-state index contributed by atoms with van der Waals surface area (Å²) in [5.74, 6) is -5.95. The zero-order valence-electron chi connectivity index (χ0n) is 42.2. The number of aromatic hydroxyl groups is 1. The van der Waals surface area contributed by atoms with Crippen LogP contribution in [0.5, 0.6) is 5.75 Å². The predicted octanol–water partition coefficient (Wildman–Crippen LogP) is -2.55. The van der Waals surface area contributed by atoms with Crippen LogP contribution in [-0.2, 0) is 51.2 Å². The van der Waals surface area contributed by atoms with Crippen molar-refractivity contribution in [2.24, 2.45) is 50.5 Å². The third-order valence-corrected chi connectivity index (χ3v) is 11.2. The minimum absolute atomic E-state index is 0.00154. The lowest BCUT2D eigenvalue weighted by Crippen LogP contribution is -2.59. The first-order valence-electron chi connectivity index (χ1n) is 23.9. The van der Waals surface area contributed by atoms with Gasteiger partial charge in [0.1, 0.15) is 36.0 Å². The Morgan fingerprint density at radius 2 is 1.06 bits per heavy atom. The van der Waals surface area contributed by atoms with Gasteiger partial charge in [0.2, 0.25) is 47.3 Å². The third kappa shape index (κ3) is 23.4. The topological polar surface area (TPSA) is 399 Å². The molecule has 24 heteroatoms. The van der Waals surface area contributed by atoms with Crippen LogP contribution in [0, 0.1) is 11.8 Å². The first kappa shape index (κ1) is 60.6. The summed E-state index contributed by atoms with van der Waals surface area (Å²) >= 11 is 0. The second-order valence-corrected chi connectivity index (χ2v) is 18.2. The smallest absolute Gasteiger partial charge is 0.245 e. The van der Waals surface area contributed by atoms with Gasteiger partial charge in [-0.1, -0.05) is 70.2 Å². The molecular formula is C48H77N15O9. The Bertz CT molecular complexity index is 2150. The number of carbonyl (C=O) groups excluding carboxylic acids is 8. The maximum Gasteiger partial charge on any atom is 0.245 e. The molecule has 2 aromatic rings. The minimum Gasteiger partial charge on any atom is -0.508 e. The molecule has 0 aliphatic heterocycles. The molecule has 0 unspecified atom stereocenters. The summed E-state index contributed by atoms with van der Waals surface area (Å²) in [5.41, 5.74) is 29.1. The Hall–Kier alpha value is -7.50. The van der Waals surface area contributed by atoms with Gasteiger partial charge in [-0.25, -0.2) is 0 Å². The molecule has 0 bridgehead atoms. The molecule has 398 valence electrons. The zero-order valence-corrected chi connectivity index (χ0v) is 42.2. The number of primary amides is 1. The molecule has 2 aromatic carbocycles. The van der Waals surface area contributed by atoms with Gasteiger partial charge >= 0.3 is 0 Å². The number of benzene rings is 2. The highest BCUT2D eigenvalue weighted by Gasteiger charge is 2.36. The number of phenolic OH excluding ortho intramolecular Hbond substituents is 1. The van der Waals surface area contributed by atoms with Crippen LogP contribution in [0.3, 0.4) is 0 Å². The summed E-state index contributed by atoms with van der Waals surface area (Å²) in [5, 5.41) is 28.2. The van der Waals surface area contributed by atoms with Crippen LogP contribution in [0.1, 0.15) is 77.3 Å². The molecule has 0 aromatic heterocycles. The number of amides is 8. The average Bonchev–Trinajstić information content (AvgIpc) is 3.32. The minimum atomic E-state index is -1.29. The summed E-state index contributed by atoms with van der Waals surface area (Å²) in [4.78, 5) is 117. The van der Waals surface area contributed by atoms with Crippen LogP contribution in [0.4, 0.5) is 0 Å². The number of rotatable bonds is 32. The molecule has 8 amide bonds. The lowest BCUT2D eigenvalue weighted by atomic mass is 9.98. The van der Waals surface area contributed by atoms with Gasteiger partial charge in [-0.3, -0.25) is 48.3 Å². The van der Waals surface area contributed by atoms with Gasteiger partial charge in [-0.2, -0.15) is 0 Å². The standard InChI is InChI=1S/C48H77N15O9/c1-28(2)22-35(41(49)67)62-44(70)33(14-10-20-55-47(50)51)60-43(69)34(15-11-21-56-48(52)53)61-45(71)38(23-29(3)4)63(6)46(72)37(25-30-12-8-7-9-13-30)59-40(66)27-57-39(65)26-58-42(68)36(54-5)24-31-16-18-32(64)19-17-31/h7-9,12-13,16-19,28-29,33-38,54,64H,10-11,14-15,20-27H2,1-6H3,(H2,49,67)(H,57,65)(H,58,68)(H,59,66)(H,60,69)(H,61,71)(H,62,70)(H4,50,51,55)(H4,52,53,56)/t33-,34-,35-,36-,37+,38-/m0/s1. The van der Waals surface area contributed by atoms with E-state index < -0.39 is 96.6 Å². The van der Waals surface area contributed by atoms with Crippen molar-refractivity contribution in [2.45, 2.75) is 115 Å². The normalized spacial score (nSPS) is 13.4. The van der Waals surface area contributed by atoms with Crippen LogP contribution >= 0.6 is 0 Å². The van der Waals surface area contributed by atoms with Gasteiger partial charge in [0.05, 0.1) is 19.1 Å². The largest absolute Gasteiger partial charge is 0.508 e. The van der Waals surface area contributed by atoms with E-state index in [0.717, 1.165) is 5.56 Å². The van der Waals surface area contributed by atoms with Gasteiger partial charge in [-0.05, 0) is 87.1 Å². The summed E-state index contributed by atoms with van der Waals surface area (Å²) in [7, 11) is 2.99. The molecule has 2 rings (SSSR count). The zero-order chi connectivity index (χ0) is 53.9. The molecule has 0 aliphatic carbocycles. The Kier molecular flexibility index (Phi) is 26.7. The van der Waals surface area contributed by atoms with E-state index in [1.807, 2.05) is 27.7 Å². The lowest BCUT2D eigenvalue weighted by Gasteiger charge is -2.33. The van der Waals surface area contributed by atoms with Gasteiger partial charge in [0.15, 0.2) is 11.9 Å². The highest BCUT2D eigenvalue weighted by atomic mass is 16.3. The van der Waals surface area contributed by atoms with Crippen molar-refractivity contribution < 1.29 is 43.5 Å². The monoisotopic (exact) mass is 1010 g/mol. The van der Waals surface area contributed by atoms with Crippen molar-refractivity contribution in [1.29, 1.82) is 0 Å². The van der Waals surface area contributed by atoms with Gasteiger partial charge in [0, 0.05) is 26.6 Å². The van der Waals surface area contributed by atoms with E-state index in [1.165, 1.54) is 24.1 Å². The fraction of sp³-hybridized carbons (Fsp3) is 0.542. The molecule has 18 N–H and O–H groups in total. The van der Waals surface area contributed by atoms with E-state index >= 15 is 0 Å². The Morgan fingerprint density at radius 1 is 0.569 bits per heavy atom. The van der Waals surface area contributed by atoms with Crippen molar-refractivity contribution >= 4 is 59.2 Å². The molecule has 72 heavy (non-hydrogen) atoms. The molecule has 0 heterocycles. The maximum absolute atomic E-state index is 14.5. The average molecular weight is 1010 g/mol. The fourth-order valence-electron chi connectivity index (χ4n) is 7.38. The fourth-order valence-corrected chi connectivity index (χ4v) is 7.38. The third-order valence-electron chi connectivity index (χ3n) is 11.2. The molecule has 6 atom stereocenters. The van der Waals surface area contributed by atoms with Crippen molar-refractivity contribution in [2.75, 3.05) is 40.3 Å². The number of nitrogens with zero attached hydrogens (tertiary/aromatic N) is 3. The van der Waals surface area contributed by atoms with E-state index in [2.05, 4.69) is 47.2 Å².